The SMILES string of the molecule is C=C(C)CN(CC)C(=O)CSc1nc(-c2ccccc2)cs1. The number of aromatic nitrogens is 1. The van der Waals surface area contributed by atoms with Gasteiger partial charge >= 0.3 is 0 Å². The van der Waals surface area contributed by atoms with Gasteiger partial charge in [-0.1, -0.05) is 54.2 Å². The highest BCUT2D eigenvalue weighted by Gasteiger charge is 2.13. The third-order valence-corrected chi connectivity index (χ3v) is 5.07. The van der Waals surface area contributed by atoms with Crippen LogP contribution in [0.25, 0.3) is 11.3 Å². The zero-order chi connectivity index (χ0) is 15.9. The predicted octanol–water partition coefficient (Wildman–Crippen LogP) is 4.33. The second-order valence-electron chi connectivity index (χ2n) is 5.02. The molecule has 1 aromatic heterocycles. The fourth-order valence-corrected chi connectivity index (χ4v) is 3.72. The van der Waals surface area contributed by atoms with Crippen LogP contribution in [-0.2, 0) is 4.79 Å². The lowest BCUT2D eigenvalue weighted by molar-refractivity contribution is -0.127. The van der Waals surface area contributed by atoms with Crippen LogP contribution in [0.4, 0.5) is 0 Å². The second kappa shape index (κ2) is 8.15. The fourth-order valence-electron chi connectivity index (χ4n) is 1.98. The van der Waals surface area contributed by atoms with Gasteiger partial charge in [-0.05, 0) is 13.8 Å². The number of nitrogens with zero attached hydrogens (tertiary/aromatic N) is 2. The Morgan fingerprint density at radius 3 is 2.73 bits per heavy atom. The molecule has 0 spiro atoms. The average Bonchev–Trinajstić information content (AvgIpc) is 3.00. The van der Waals surface area contributed by atoms with Crippen LogP contribution >= 0.6 is 23.1 Å². The summed E-state index contributed by atoms with van der Waals surface area (Å²) in [5, 5.41) is 2.04. The molecule has 5 heteroatoms. The van der Waals surface area contributed by atoms with Crippen molar-refractivity contribution in [2.24, 2.45) is 0 Å². The summed E-state index contributed by atoms with van der Waals surface area (Å²) in [6.07, 6.45) is 0. The standard InChI is InChI=1S/C17H20N2OS2/c1-4-19(10-13(2)3)16(20)12-22-17-18-15(11-21-17)14-8-6-5-7-9-14/h5-9,11H,2,4,10,12H2,1,3H3. The molecule has 0 unspecified atom stereocenters. The summed E-state index contributed by atoms with van der Waals surface area (Å²) in [6, 6.07) is 10.1. The van der Waals surface area contributed by atoms with Crippen molar-refractivity contribution >= 4 is 29.0 Å². The van der Waals surface area contributed by atoms with Crippen LogP contribution < -0.4 is 0 Å². The molecule has 3 nitrogen and oxygen atoms in total. The molecule has 1 amide bonds. The molecule has 0 aliphatic heterocycles. The van der Waals surface area contributed by atoms with Crippen LogP contribution in [0.15, 0.2) is 52.2 Å². The van der Waals surface area contributed by atoms with Crippen LogP contribution in [-0.4, -0.2) is 34.6 Å². The minimum Gasteiger partial charge on any atom is -0.338 e. The molecular formula is C17H20N2OS2. The van der Waals surface area contributed by atoms with Gasteiger partial charge in [-0.2, -0.15) is 0 Å². The van der Waals surface area contributed by atoms with E-state index >= 15 is 0 Å². The topological polar surface area (TPSA) is 33.2 Å². The number of thiazole rings is 1. The Labute approximate surface area is 140 Å². The van der Waals surface area contributed by atoms with Gasteiger partial charge in [0.2, 0.25) is 5.91 Å². The second-order valence-corrected chi connectivity index (χ2v) is 7.10. The summed E-state index contributed by atoms with van der Waals surface area (Å²) < 4.78 is 0.929. The fraction of sp³-hybridized carbons (Fsp3) is 0.294. The number of carbonyl (C=O) groups is 1. The molecule has 0 bridgehead atoms. The van der Waals surface area contributed by atoms with Crippen molar-refractivity contribution in [3.63, 3.8) is 0 Å². The maximum atomic E-state index is 12.2. The highest BCUT2D eigenvalue weighted by Crippen LogP contribution is 2.28. The normalized spacial score (nSPS) is 10.5. The van der Waals surface area contributed by atoms with Crippen molar-refractivity contribution in [2.45, 2.75) is 18.2 Å². The molecule has 0 atom stereocenters. The molecule has 22 heavy (non-hydrogen) atoms. The summed E-state index contributed by atoms with van der Waals surface area (Å²) in [6.45, 7) is 9.13. The first kappa shape index (κ1) is 16.8. The van der Waals surface area contributed by atoms with E-state index in [9.17, 15) is 4.79 Å². The Bertz CT molecular complexity index is 637. The van der Waals surface area contributed by atoms with Gasteiger partial charge in [-0.3, -0.25) is 4.79 Å². The third-order valence-electron chi connectivity index (χ3n) is 3.07. The molecule has 0 saturated carbocycles. The van der Waals surface area contributed by atoms with E-state index in [1.165, 1.54) is 11.8 Å². The van der Waals surface area contributed by atoms with Crippen LogP contribution in [0.2, 0.25) is 0 Å². The lowest BCUT2D eigenvalue weighted by Gasteiger charge is -2.20. The molecule has 0 fully saturated rings. The summed E-state index contributed by atoms with van der Waals surface area (Å²) >= 11 is 3.08. The molecule has 116 valence electrons. The summed E-state index contributed by atoms with van der Waals surface area (Å²) in [5.41, 5.74) is 3.07. The van der Waals surface area contributed by atoms with E-state index in [0.717, 1.165) is 21.2 Å². The molecule has 0 aliphatic rings. The van der Waals surface area contributed by atoms with Crippen molar-refractivity contribution in [1.82, 2.24) is 9.88 Å². The van der Waals surface area contributed by atoms with E-state index in [0.29, 0.717) is 18.8 Å². The molecule has 2 aromatic rings. The molecule has 1 aromatic carbocycles. The molecular weight excluding hydrogens is 312 g/mol. The van der Waals surface area contributed by atoms with E-state index in [-0.39, 0.29) is 5.91 Å². The summed E-state index contributed by atoms with van der Waals surface area (Å²) in [7, 11) is 0. The molecule has 0 saturated heterocycles. The highest BCUT2D eigenvalue weighted by atomic mass is 32.2. The van der Waals surface area contributed by atoms with Crippen molar-refractivity contribution < 1.29 is 4.79 Å². The van der Waals surface area contributed by atoms with Crippen molar-refractivity contribution in [3.8, 4) is 11.3 Å². The predicted molar refractivity (Wildman–Crippen MR) is 95.3 cm³/mol. The van der Waals surface area contributed by atoms with Crippen LogP contribution in [0.3, 0.4) is 0 Å². The zero-order valence-electron chi connectivity index (χ0n) is 12.9. The van der Waals surface area contributed by atoms with E-state index in [2.05, 4.69) is 11.6 Å². The van der Waals surface area contributed by atoms with Gasteiger partial charge in [-0.15, -0.1) is 11.3 Å². The van der Waals surface area contributed by atoms with Gasteiger partial charge in [0.25, 0.3) is 0 Å². The number of carbonyl (C=O) groups excluding carboxylic acids is 1. The van der Waals surface area contributed by atoms with E-state index in [1.807, 2.05) is 54.5 Å². The monoisotopic (exact) mass is 332 g/mol. The first-order valence-electron chi connectivity index (χ1n) is 7.16. The molecule has 1 heterocycles. The summed E-state index contributed by atoms with van der Waals surface area (Å²) in [5.74, 6) is 0.551. The number of rotatable bonds is 7. The molecule has 2 rings (SSSR count). The smallest absolute Gasteiger partial charge is 0.233 e. The Morgan fingerprint density at radius 1 is 1.36 bits per heavy atom. The first-order valence-corrected chi connectivity index (χ1v) is 9.02. The van der Waals surface area contributed by atoms with Gasteiger partial charge < -0.3 is 4.90 Å². The van der Waals surface area contributed by atoms with Crippen LogP contribution in [0.5, 0.6) is 0 Å². The lowest BCUT2D eigenvalue weighted by atomic mass is 10.2. The Hall–Kier alpha value is -1.59. The summed E-state index contributed by atoms with van der Waals surface area (Å²) in [4.78, 5) is 18.6. The number of amides is 1. The van der Waals surface area contributed by atoms with Gasteiger partial charge in [0, 0.05) is 24.0 Å². The van der Waals surface area contributed by atoms with Gasteiger partial charge in [0.1, 0.15) is 0 Å². The minimum absolute atomic E-state index is 0.131. The quantitative estimate of drug-likeness (QED) is 0.559. The largest absolute Gasteiger partial charge is 0.338 e. The number of hydrogen-bond donors (Lipinski definition) is 0. The van der Waals surface area contributed by atoms with Gasteiger partial charge in [0.15, 0.2) is 4.34 Å². The number of hydrogen-bond acceptors (Lipinski definition) is 4. The Morgan fingerprint density at radius 2 is 2.09 bits per heavy atom. The van der Waals surface area contributed by atoms with Crippen LogP contribution in [0.1, 0.15) is 13.8 Å². The maximum Gasteiger partial charge on any atom is 0.233 e. The molecule has 0 N–H and O–H groups in total. The van der Waals surface area contributed by atoms with Crippen LogP contribution in [0, 0.1) is 0 Å². The number of benzene rings is 1. The Kier molecular flexibility index (Phi) is 6.21. The number of thioether (sulfide) groups is 1. The minimum atomic E-state index is 0.131. The molecule has 0 radical (unpaired) electrons. The number of likely N-dealkylation sites (N-methyl/N-ethyl adjacent to an activating group) is 1. The van der Waals surface area contributed by atoms with E-state index < -0.39 is 0 Å². The maximum absolute atomic E-state index is 12.2. The molecule has 0 aliphatic carbocycles. The lowest BCUT2D eigenvalue weighted by Crippen LogP contribution is -2.33. The zero-order valence-corrected chi connectivity index (χ0v) is 14.5. The third kappa shape index (κ3) is 4.71. The van der Waals surface area contributed by atoms with Crippen molar-refractivity contribution in [1.29, 1.82) is 0 Å². The van der Waals surface area contributed by atoms with E-state index in [4.69, 9.17) is 0 Å². The first-order chi connectivity index (χ1) is 10.6. The van der Waals surface area contributed by atoms with Crippen molar-refractivity contribution in [3.05, 3.63) is 47.9 Å². The average molecular weight is 332 g/mol. The van der Waals surface area contributed by atoms with E-state index in [1.54, 1.807) is 11.3 Å². The van der Waals surface area contributed by atoms with Gasteiger partial charge in [0.05, 0.1) is 11.4 Å². The van der Waals surface area contributed by atoms with Gasteiger partial charge in [-0.25, -0.2) is 4.98 Å². The Balaban J connectivity index is 1.93. The highest BCUT2D eigenvalue weighted by molar-refractivity contribution is 8.01. The van der Waals surface area contributed by atoms with Crippen molar-refractivity contribution in [2.75, 3.05) is 18.8 Å².